The number of hydrogen-bond donors (Lipinski definition) is 1. The zero-order valence-corrected chi connectivity index (χ0v) is 9.16. The van der Waals surface area contributed by atoms with E-state index in [1.54, 1.807) is 0 Å². The van der Waals surface area contributed by atoms with Crippen molar-refractivity contribution >= 4 is 18.2 Å². The Bertz CT molecular complexity index is 509. The summed E-state index contributed by atoms with van der Waals surface area (Å²) in [5.74, 6) is 0.0666. The molecule has 0 spiro atoms. The third-order valence-electron chi connectivity index (χ3n) is 1.97. The van der Waals surface area contributed by atoms with E-state index in [0.29, 0.717) is 0 Å². The van der Waals surface area contributed by atoms with Crippen LogP contribution in [-0.4, -0.2) is 15.0 Å². The van der Waals surface area contributed by atoms with Crippen LogP contribution in [-0.2, 0) is 6.18 Å². The van der Waals surface area contributed by atoms with Crippen molar-refractivity contribution in [2.75, 3.05) is 5.73 Å². The summed E-state index contributed by atoms with van der Waals surface area (Å²) in [5, 5.41) is 6.94. The third-order valence-corrected chi connectivity index (χ3v) is 1.97. The zero-order valence-electron chi connectivity index (χ0n) is 8.35. The molecule has 0 saturated carbocycles. The van der Waals surface area contributed by atoms with Crippen molar-refractivity contribution in [3.63, 3.8) is 0 Å². The molecule has 1 aromatic heterocycles. The van der Waals surface area contributed by atoms with Crippen LogP contribution in [0.2, 0.25) is 0 Å². The molecule has 2 N–H and O–H groups in total. The van der Waals surface area contributed by atoms with Gasteiger partial charge in [-0.1, -0.05) is 17.3 Å². The molecule has 0 unspecified atom stereocenters. The third kappa shape index (κ3) is 2.68. The minimum atomic E-state index is -4.43. The maximum Gasteiger partial charge on any atom is 0.418 e. The fraction of sp³-hybridized carbons (Fsp3) is 0.111. The summed E-state index contributed by atoms with van der Waals surface area (Å²) in [6, 6.07) is 5.08. The van der Waals surface area contributed by atoms with Gasteiger partial charge in [-0.3, -0.25) is 0 Å². The Balaban J connectivity index is 0.00000144. The lowest BCUT2D eigenvalue weighted by Crippen LogP contribution is -2.10. The Morgan fingerprint density at radius 2 is 1.82 bits per heavy atom. The van der Waals surface area contributed by atoms with E-state index >= 15 is 0 Å². The van der Waals surface area contributed by atoms with E-state index in [1.165, 1.54) is 24.4 Å². The Kier molecular flexibility index (Phi) is 3.62. The van der Waals surface area contributed by atoms with Crippen LogP contribution < -0.4 is 5.73 Å². The van der Waals surface area contributed by atoms with Gasteiger partial charge in [0, 0.05) is 0 Å². The number of halogens is 4. The second kappa shape index (κ2) is 4.62. The lowest BCUT2D eigenvalue weighted by atomic mass is 10.2. The number of nitrogens with zero attached hydrogens (tertiary/aromatic N) is 3. The van der Waals surface area contributed by atoms with Crippen molar-refractivity contribution in [3.8, 4) is 5.69 Å². The predicted molar refractivity (Wildman–Crippen MR) is 58.0 cm³/mol. The highest BCUT2D eigenvalue weighted by molar-refractivity contribution is 5.85. The molecule has 0 saturated heterocycles. The standard InChI is InChI=1S/C9H7F3N4.ClH/c10-9(11,12)6-3-1-2-4-7(6)16-5-8(13)14-15-16;/h1-5H,13H2;1H. The van der Waals surface area contributed by atoms with Gasteiger partial charge in [0.25, 0.3) is 0 Å². The largest absolute Gasteiger partial charge is 0.418 e. The predicted octanol–water partition coefficient (Wildman–Crippen LogP) is 2.29. The van der Waals surface area contributed by atoms with E-state index in [0.717, 1.165) is 10.7 Å². The molecular formula is C9H8ClF3N4. The van der Waals surface area contributed by atoms with Crippen molar-refractivity contribution in [2.24, 2.45) is 0 Å². The maximum atomic E-state index is 12.6. The molecule has 0 aliphatic heterocycles. The summed E-state index contributed by atoms with van der Waals surface area (Å²) in [4.78, 5) is 0. The molecule has 0 fully saturated rings. The van der Waals surface area contributed by atoms with Crippen LogP contribution in [0.3, 0.4) is 0 Å². The maximum absolute atomic E-state index is 12.6. The Morgan fingerprint density at radius 1 is 1.18 bits per heavy atom. The van der Waals surface area contributed by atoms with Crippen LogP contribution >= 0.6 is 12.4 Å². The summed E-state index contributed by atoms with van der Waals surface area (Å²) in [6.07, 6.45) is -3.21. The number of anilines is 1. The van der Waals surface area contributed by atoms with Crippen molar-refractivity contribution in [1.29, 1.82) is 0 Å². The first-order chi connectivity index (χ1) is 7.48. The number of benzene rings is 1. The first-order valence-electron chi connectivity index (χ1n) is 4.33. The lowest BCUT2D eigenvalue weighted by Gasteiger charge is -2.11. The quantitative estimate of drug-likeness (QED) is 0.860. The summed E-state index contributed by atoms with van der Waals surface area (Å²) in [5.41, 5.74) is 4.42. The summed E-state index contributed by atoms with van der Waals surface area (Å²) in [7, 11) is 0. The van der Waals surface area contributed by atoms with E-state index in [2.05, 4.69) is 10.3 Å². The molecular weight excluding hydrogens is 257 g/mol. The molecule has 17 heavy (non-hydrogen) atoms. The molecule has 0 aliphatic rings. The molecule has 8 heteroatoms. The number of nitrogens with two attached hydrogens (primary N) is 1. The Hall–Kier alpha value is -1.76. The Labute approximate surface area is 101 Å². The van der Waals surface area contributed by atoms with Gasteiger partial charge >= 0.3 is 6.18 Å². The van der Waals surface area contributed by atoms with E-state index in [1.807, 2.05) is 0 Å². The van der Waals surface area contributed by atoms with Crippen LogP contribution in [0.25, 0.3) is 5.69 Å². The van der Waals surface area contributed by atoms with Crippen LogP contribution in [0.4, 0.5) is 19.0 Å². The van der Waals surface area contributed by atoms with Crippen LogP contribution in [0.1, 0.15) is 5.56 Å². The molecule has 0 amide bonds. The first-order valence-corrected chi connectivity index (χ1v) is 4.33. The number of hydrogen-bond acceptors (Lipinski definition) is 3. The number of rotatable bonds is 1. The van der Waals surface area contributed by atoms with Crippen molar-refractivity contribution in [3.05, 3.63) is 36.0 Å². The van der Waals surface area contributed by atoms with Gasteiger partial charge in [-0.25, -0.2) is 4.68 Å². The fourth-order valence-corrected chi connectivity index (χ4v) is 1.31. The lowest BCUT2D eigenvalue weighted by molar-refractivity contribution is -0.137. The summed E-state index contributed by atoms with van der Waals surface area (Å²) >= 11 is 0. The average Bonchev–Trinajstić information content (AvgIpc) is 2.64. The molecule has 0 atom stereocenters. The molecule has 2 rings (SSSR count). The Morgan fingerprint density at radius 3 is 2.35 bits per heavy atom. The van der Waals surface area contributed by atoms with Crippen LogP contribution in [0.15, 0.2) is 30.5 Å². The summed E-state index contributed by atoms with van der Waals surface area (Å²) in [6.45, 7) is 0. The molecule has 4 nitrogen and oxygen atoms in total. The molecule has 2 aromatic rings. The van der Waals surface area contributed by atoms with E-state index in [-0.39, 0.29) is 23.9 Å². The molecule has 0 bridgehead atoms. The minimum Gasteiger partial charge on any atom is -0.381 e. The molecule has 1 heterocycles. The highest BCUT2D eigenvalue weighted by Crippen LogP contribution is 2.33. The first kappa shape index (κ1) is 13.3. The number of alkyl halides is 3. The highest BCUT2D eigenvalue weighted by Gasteiger charge is 2.33. The second-order valence-electron chi connectivity index (χ2n) is 3.10. The summed E-state index contributed by atoms with van der Waals surface area (Å²) < 4.78 is 38.9. The normalized spacial score (nSPS) is 11.0. The zero-order chi connectivity index (χ0) is 11.8. The average molecular weight is 265 g/mol. The van der Waals surface area contributed by atoms with Gasteiger partial charge < -0.3 is 5.73 Å². The second-order valence-corrected chi connectivity index (χ2v) is 3.10. The number of nitrogen functional groups attached to an aromatic ring is 1. The van der Waals surface area contributed by atoms with Gasteiger partial charge in [-0.15, -0.1) is 17.5 Å². The number of aromatic nitrogens is 3. The van der Waals surface area contributed by atoms with E-state index in [9.17, 15) is 13.2 Å². The molecule has 1 aromatic carbocycles. The van der Waals surface area contributed by atoms with Crippen LogP contribution in [0, 0.1) is 0 Å². The fourth-order valence-electron chi connectivity index (χ4n) is 1.31. The SMILES string of the molecule is Cl.Nc1cn(-c2ccccc2C(F)(F)F)nn1. The van der Waals surface area contributed by atoms with E-state index in [4.69, 9.17) is 5.73 Å². The molecule has 92 valence electrons. The van der Waals surface area contributed by atoms with Gasteiger partial charge in [0.1, 0.15) is 0 Å². The van der Waals surface area contributed by atoms with Gasteiger partial charge in [0.2, 0.25) is 0 Å². The monoisotopic (exact) mass is 264 g/mol. The topological polar surface area (TPSA) is 56.7 Å². The smallest absolute Gasteiger partial charge is 0.381 e. The minimum absolute atomic E-state index is 0. The van der Waals surface area contributed by atoms with Crippen molar-refractivity contribution in [1.82, 2.24) is 15.0 Å². The van der Waals surface area contributed by atoms with Gasteiger partial charge in [-0.2, -0.15) is 13.2 Å². The van der Waals surface area contributed by atoms with Gasteiger partial charge in [0.05, 0.1) is 17.4 Å². The van der Waals surface area contributed by atoms with Gasteiger partial charge in [0.15, 0.2) is 5.82 Å². The van der Waals surface area contributed by atoms with Gasteiger partial charge in [-0.05, 0) is 12.1 Å². The number of para-hydroxylation sites is 1. The highest BCUT2D eigenvalue weighted by atomic mass is 35.5. The van der Waals surface area contributed by atoms with Crippen molar-refractivity contribution in [2.45, 2.75) is 6.18 Å². The molecule has 0 aliphatic carbocycles. The van der Waals surface area contributed by atoms with Crippen molar-refractivity contribution < 1.29 is 13.2 Å². The van der Waals surface area contributed by atoms with E-state index < -0.39 is 11.7 Å². The van der Waals surface area contributed by atoms with Crippen LogP contribution in [0.5, 0.6) is 0 Å². The molecule has 0 radical (unpaired) electrons.